The number of amides is 1. The summed E-state index contributed by atoms with van der Waals surface area (Å²) in [6.07, 6.45) is 3.30. The minimum Gasteiger partial charge on any atom is -0.449 e. The van der Waals surface area contributed by atoms with Crippen LogP contribution in [0.1, 0.15) is 25.3 Å². The Morgan fingerprint density at radius 2 is 2.19 bits per heavy atom. The van der Waals surface area contributed by atoms with E-state index in [1.165, 1.54) is 31.2 Å². The molecule has 21 heavy (non-hydrogen) atoms. The molecular weight excluding hydrogens is 297 g/mol. The maximum Gasteiger partial charge on any atom is 0.331 e. The van der Waals surface area contributed by atoms with Gasteiger partial charge in [0, 0.05) is 17.7 Å². The number of esters is 1. The Kier molecular flexibility index (Phi) is 4.96. The zero-order valence-corrected chi connectivity index (χ0v) is 12.2. The molecule has 1 amide bonds. The van der Waals surface area contributed by atoms with Crippen LogP contribution in [0, 0.1) is 5.82 Å². The molecule has 1 aromatic carbocycles. The number of nitrogens with one attached hydrogen (secondary N) is 1. The minimum atomic E-state index is -0.890. The molecule has 1 atom stereocenters. The van der Waals surface area contributed by atoms with Crippen LogP contribution in [0.3, 0.4) is 0 Å². The molecule has 0 spiro atoms. The van der Waals surface area contributed by atoms with Crippen LogP contribution in [-0.2, 0) is 14.3 Å². The van der Waals surface area contributed by atoms with Gasteiger partial charge < -0.3 is 10.1 Å². The van der Waals surface area contributed by atoms with Crippen molar-refractivity contribution in [3.05, 3.63) is 40.7 Å². The Morgan fingerprint density at radius 1 is 1.48 bits per heavy atom. The zero-order chi connectivity index (χ0) is 15.4. The van der Waals surface area contributed by atoms with Crippen LogP contribution in [0.5, 0.6) is 0 Å². The van der Waals surface area contributed by atoms with Crippen molar-refractivity contribution in [2.45, 2.75) is 31.9 Å². The standard InChI is InChI=1S/C15H15ClFNO3/c1-9(15(20)18-10-5-6-10)21-14(19)8-7-11-12(16)3-2-4-13(11)17/h2-4,7-10H,5-6H2,1H3,(H,18,20)/b8-7+/t9-/m0/s1. The predicted octanol–water partition coefficient (Wildman–Crippen LogP) is 2.70. The first-order chi connectivity index (χ1) is 9.97. The highest BCUT2D eigenvalue weighted by molar-refractivity contribution is 6.32. The van der Waals surface area contributed by atoms with Crippen molar-refractivity contribution in [2.24, 2.45) is 0 Å². The molecule has 0 heterocycles. The molecule has 2 rings (SSSR count). The predicted molar refractivity (Wildman–Crippen MR) is 77.2 cm³/mol. The Morgan fingerprint density at radius 3 is 2.81 bits per heavy atom. The maximum atomic E-state index is 13.5. The zero-order valence-electron chi connectivity index (χ0n) is 11.4. The summed E-state index contributed by atoms with van der Waals surface area (Å²) >= 11 is 5.83. The van der Waals surface area contributed by atoms with Gasteiger partial charge in [-0.25, -0.2) is 9.18 Å². The van der Waals surface area contributed by atoms with Gasteiger partial charge in [0.1, 0.15) is 5.82 Å². The van der Waals surface area contributed by atoms with Gasteiger partial charge in [-0.15, -0.1) is 0 Å². The molecule has 4 nitrogen and oxygen atoms in total. The van der Waals surface area contributed by atoms with Gasteiger partial charge in [-0.2, -0.15) is 0 Å². The fourth-order valence-corrected chi connectivity index (χ4v) is 1.86. The van der Waals surface area contributed by atoms with Gasteiger partial charge in [-0.05, 0) is 38.0 Å². The highest BCUT2D eigenvalue weighted by Gasteiger charge is 2.26. The molecule has 112 valence electrons. The van der Waals surface area contributed by atoms with Crippen molar-refractivity contribution < 1.29 is 18.7 Å². The summed E-state index contributed by atoms with van der Waals surface area (Å²) in [5.74, 6) is -1.60. The molecule has 1 aliphatic rings. The van der Waals surface area contributed by atoms with E-state index in [4.69, 9.17) is 16.3 Å². The van der Waals surface area contributed by atoms with E-state index in [0.717, 1.165) is 18.9 Å². The van der Waals surface area contributed by atoms with E-state index >= 15 is 0 Å². The van der Waals surface area contributed by atoms with Crippen LogP contribution in [-0.4, -0.2) is 24.0 Å². The number of hydrogen-bond acceptors (Lipinski definition) is 3. The topological polar surface area (TPSA) is 55.4 Å². The van der Waals surface area contributed by atoms with Crippen LogP contribution in [0.2, 0.25) is 5.02 Å². The molecule has 0 aliphatic heterocycles. The van der Waals surface area contributed by atoms with Crippen molar-refractivity contribution in [1.82, 2.24) is 5.32 Å². The second-order valence-electron chi connectivity index (χ2n) is 4.83. The van der Waals surface area contributed by atoms with Gasteiger partial charge in [-0.1, -0.05) is 17.7 Å². The Hall–Kier alpha value is -1.88. The van der Waals surface area contributed by atoms with Gasteiger partial charge in [0.15, 0.2) is 6.10 Å². The SMILES string of the molecule is C[C@H](OC(=O)/C=C/c1c(F)cccc1Cl)C(=O)NC1CC1. The van der Waals surface area contributed by atoms with E-state index in [9.17, 15) is 14.0 Å². The average molecular weight is 312 g/mol. The second kappa shape index (κ2) is 6.72. The average Bonchev–Trinajstić information content (AvgIpc) is 3.22. The lowest BCUT2D eigenvalue weighted by Gasteiger charge is -2.11. The van der Waals surface area contributed by atoms with Gasteiger partial charge in [0.2, 0.25) is 0 Å². The number of hydrogen-bond donors (Lipinski definition) is 1. The van der Waals surface area contributed by atoms with E-state index in [1.54, 1.807) is 0 Å². The lowest BCUT2D eigenvalue weighted by atomic mass is 10.2. The number of ether oxygens (including phenoxy) is 1. The summed E-state index contributed by atoms with van der Waals surface area (Å²) in [6.45, 7) is 1.49. The summed E-state index contributed by atoms with van der Waals surface area (Å²) in [7, 11) is 0. The molecule has 1 aromatic rings. The summed E-state index contributed by atoms with van der Waals surface area (Å²) in [4.78, 5) is 23.2. The lowest BCUT2D eigenvalue weighted by Crippen LogP contribution is -2.36. The van der Waals surface area contributed by atoms with E-state index in [1.807, 2.05) is 0 Å². The molecule has 1 saturated carbocycles. The van der Waals surface area contributed by atoms with E-state index in [2.05, 4.69) is 5.32 Å². The molecule has 1 aliphatic carbocycles. The third kappa shape index (κ3) is 4.56. The molecule has 1 fully saturated rings. The Bertz CT molecular complexity index is 564. The molecule has 1 N–H and O–H groups in total. The van der Waals surface area contributed by atoms with Gasteiger partial charge in [0.25, 0.3) is 5.91 Å². The van der Waals surface area contributed by atoms with Crippen molar-refractivity contribution in [1.29, 1.82) is 0 Å². The Labute approximate surface area is 126 Å². The summed E-state index contributed by atoms with van der Waals surface area (Å²) in [5.41, 5.74) is 0.103. The van der Waals surface area contributed by atoms with Crippen molar-refractivity contribution in [3.63, 3.8) is 0 Å². The number of rotatable bonds is 5. The van der Waals surface area contributed by atoms with Crippen LogP contribution >= 0.6 is 11.6 Å². The minimum absolute atomic E-state index is 0.103. The summed E-state index contributed by atoms with van der Waals surface area (Å²) in [6, 6.07) is 4.42. The third-order valence-electron chi connectivity index (χ3n) is 2.97. The van der Waals surface area contributed by atoms with Crippen LogP contribution in [0.15, 0.2) is 24.3 Å². The number of carbonyl (C=O) groups excluding carboxylic acids is 2. The first-order valence-electron chi connectivity index (χ1n) is 6.60. The smallest absolute Gasteiger partial charge is 0.331 e. The fraction of sp³-hybridized carbons (Fsp3) is 0.333. The maximum absolute atomic E-state index is 13.5. The van der Waals surface area contributed by atoms with E-state index in [-0.39, 0.29) is 22.5 Å². The van der Waals surface area contributed by atoms with Crippen LogP contribution < -0.4 is 5.32 Å². The molecule has 6 heteroatoms. The quantitative estimate of drug-likeness (QED) is 0.672. The van der Waals surface area contributed by atoms with Gasteiger partial charge in [-0.3, -0.25) is 4.79 Å². The summed E-state index contributed by atoms with van der Waals surface area (Å²) in [5, 5.41) is 2.92. The van der Waals surface area contributed by atoms with Crippen molar-refractivity contribution in [2.75, 3.05) is 0 Å². The second-order valence-corrected chi connectivity index (χ2v) is 5.24. The number of benzene rings is 1. The molecular formula is C15H15ClFNO3. The molecule has 0 aromatic heterocycles. The van der Waals surface area contributed by atoms with Crippen molar-refractivity contribution >= 4 is 29.6 Å². The number of carbonyl (C=O) groups is 2. The highest BCUT2D eigenvalue weighted by atomic mass is 35.5. The van der Waals surface area contributed by atoms with Crippen molar-refractivity contribution in [3.8, 4) is 0 Å². The molecule has 0 unspecified atom stereocenters. The van der Waals surface area contributed by atoms with Crippen LogP contribution in [0.4, 0.5) is 4.39 Å². The normalized spacial score (nSPS) is 15.8. The number of halogens is 2. The third-order valence-corrected chi connectivity index (χ3v) is 3.30. The highest BCUT2D eigenvalue weighted by Crippen LogP contribution is 2.20. The Balaban J connectivity index is 1.91. The van der Waals surface area contributed by atoms with Gasteiger partial charge >= 0.3 is 5.97 Å². The van der Waals surface area contributed by atoms with Crippen LogP contribution in [0.25, 0.3) is 6.08 Å². The largest absolute Gasteiger partial charge is 0.449 e. The molecule has 0 radical (unpaired) electrons. The first-order valence-corrected chi connectivity index (χ1v) is 6.98. The molecule has 0 saturated heterocycles. The first kappa shape index (κ1) is 15.5. The van der Waals surface area contributed by atoms with E-state index < -0.39 is 17.9 Å². The lowest BCUT2D eigenvalue weighted by molar-refractivity contribution is -0.150. The summed E-state index contributed by atoms with van der Waals surface area (Å²) < 4.78 is 18.4. The fourth-order valence-electron chi connectivity index (χ4n) is 1.63. The molecule has 0 bridgehead atoms. The van der Waals surface area contributed by atoms with Gasteiger partial charge in [0.05, 0.1) is 5.02 Å². The monoisotopic (exact) mass is 311 g/mol. The van der Waals surface area contributed by atoms with E-state index in [0.29, 0.717) is 0 Å².